The second-order valence-corrected chi connectivity index (χ2v) is 4.73. The number of hydrogen-bond donors (Lipinski definition) is 0. The zero-order chi connectivity index (χ0) is 14.7. The Hall–Kier alpha value is -2.75. The molecule has 1 aliphatic rings. The average molecular weight is 277 g/mol. The van der Waals surface area contributed by atoms with Crippen LogP contribution in [-0.2, 0) is 0 Å². The second-order valence-electron chi connectivity index (χ2n) is 4.73. The van der Waals surface area contributed by atoms with Gasteiger partial charge >= 0.3 is 0 Å². The summed E-state index contributed by atoms with van der Waals surface area (Å²) in [6.45, 7) is 3.71. The highest BCUT2D eigenvalue weighted by atomic mass is 16.1. The van der Waals surface area contributed by atoms with Gasteiger partial charge in [0.25, 0.3) is 5.56 Å². The summed E-state index contributed by atoms with van der Waals surface area (Å²) < 4.78 is 1.47. The van der Waals surface area contributed by atoms with E-state index in [0.717, 1.165) is 23.8 Å². The molecule has 104 valence electrons. The minimum absolute atomic E-state index is 0.0724. The van der Waals surface area contributed by atoms with Crippen molar-refractivity contribution in [2.24, 2.45) is 0 Å². The molecule has 0 atom stereocenters. The van der Waals surface area contributed by atoms with Crippen LogP contribution in [0.2, 0.25) is 0 Å². The Bertz CT molecular complexity index is 877. The van der Waals surface area contributed by atoms with Gasteiger partial charge in [0.15, 0.2) is 0 Å². The lowest BCUT2D eigenvalue weighted by atomic mass is 10.1. The molecule has 3 rings (SSSR count). The lowest BCUT2D eigenvalue weighted by Crippen LogP contribution is -2.47. The van der Waals surface area contributed by atoms with Gasteiger partial charge in [-0.15, -0.1) is 0 Å². The summed E-state index contributed by atoms with van der Waals surface area (Å²) in [6.07, 6.45) is 14.4. The number of rotatable bonds is 3. The van der Waals surface area contributed by atoms with Crippen molar-refractivity contribution >= 4 is 30.5 Å². The van der Waals surface area contributed by atoms with Crippen LogP contribution in [0.1, 0.15) is 24.2 Å². The summed E-state index contributed by atoms with van der Waals surface area (Å²) in [5.41, 5.74) is 0.882. The molecule has 0 saturated heterocycles. The molecular formula is C17H15N3O. The first-order valence-corrected chi connectivity index (χ1v) is 6.83. The maximum atomic E-state index is 12.4. The molecule has 4 nitrogen and oxygen atoms in total. The van der Waals surface area contributed by atoms with Crippen LogP contribution in [0.3, 0.4) is 0 Å². The van der Waals surface area contributed by atoms with Crippen LogP contribution in [0.5, 0.6) is 0 Å². The van der Waals surface area contributed by atoms with Gasteiger partial charge in [-0.05, 0) is 36.6 Å². The molecule has 0 N–H and O–H groups in total. The normalized spacial score (nSPS) is 13.3. The van der Waals surface area contributed by atoms with E-state index in [1.165, 1.54) is 10.8 Å². The Morgan fingerprint density at radius 3 is 2.86 bits per heavy atom. The summed E-state index contributed by atoms with van der Waals surface area (Å²) >= 11 is 0. The van der Waals surface area contributed by atoms with Gasteiger partial charge in [0.1, 0.15) is 5.82 Å². The minimum atomic E-state index is -0.0724. The third kappa shape index (κ3) is 2.60. The highest BCUT2D eigenvalue weighted by Crippen LogP contribution is 2.03. The van der Waals surface area contributed by atoms with Gasteiger partial charge in [-0.2, -0.15) is 0 Å². The molecule has 0 aliphatic heterocycles. The zero-order valence-corrected chi connectivity index (χ0v) is 11.6. The minimum Gasteiger partial charge on any atom is -0.268 e. The third-order valence-corrected chi connectivity index (χ3v) is 3.35. The predicted octanol–water partition coefficient (Wildman–Crippen LogP) is 1.26. The van der Waals surface area contributed by atoms with E-state index in [2.05, 4.69) is 16.5 Å². The van der Waals surface area contributed by atoms with E-state index in [9.17, 15) is 4.79 Å². The monoisotopic (exact) mass is 277 g/mol. The van der Waals surface area contributed by atoms with Crippen molar-refractivity contribution in [3.63, 3.8) is 0 Å². The Labute approximate surface area is 122 Å². The molecule has 0 saturated carbocycles. The molecule has 21 heavy (non-hydrogen) atoms. The molecule has 0 amide bonds. The van der Waals surface area contributed by atoms with Crippen molar-refractivity contribution < 1.29 is 0 Å². The number of aromatic nitrogens is 3. The van der Waals surface area contributed by atoms with Crippen LogP contribution < -0.4 is 16.1 Å². The van der Waals surface area contributed by atoms with Gasteiger partial charge in [0, 0.05) is 18.6 Å². The van der Waals surface area contributed by atoms with Crippen molar-refractivity contribution in [3.05, 3.63) is 63.4 Å². The van der Waals surface area contributed by atoms with Gasteiger partial charge in [0.2, 0.25) is 0 Å². The first-order chi connectivity index (χ1) is 10.3. The predicted molar refractivity (Wildman–Crippen MR) is 85.5 cm³/mol. The van der Waals surface area contributed by atoms with Gasteiger partial charge in [-0.3, -0.25) is 14.3 Å². The molecule has 2 aromatic heterocycles. The van der Waals surface area contributed by atoms with E-state index in [0.29, 0.717) is 11.0 Å². The molecule has 0 radical (unpaired) electrons. The van der Waals surface area contributed by atoms with Crippen LogP contribution in [0.4, 0.5) is 0 Å². The Morgan fingerprint density at radius 1 is 1.24 bits per heavy atom. The van der Waals surface area contributed by atoms with Crippen molar-refractivity contribution in [1.29, 1.82) is 0 Å². The molecule has 0 spiro atoms. The number of hydrogen-bond acceptors (Lipinski definition) is 3. The average Bonchev–Trinajstić information content (AvgIpc) is 2.54. The molecule has 2 heterocycles. The molecule has 0 unspecified atom stereocenters. The van der Waals surface area contributed by atoms with Crippen LogP contribution in [0.25, 0.3) is 30.5 Å². The fraction of sp³-hybridized carbons (Fsp3) is 0.118. The fourth-order valence-corrected chi connectivity index (χ4v) is 2.32. The Morgan fingerprint density at radius 2 is 2.10 bits per heavy atom. The van der Waals surface area contributed by atoms with Crippen molar-refractivity contribution in [3.8, 4) is 0 Å². The number of pyridine rings is 1. The number of nitrogens with zero attached hydrogens (tertiary/aromatic N) is 3. The standard InChI is InChI=1S/C17H15N3O/c1-2-20-16(10-9-13-6-5-11-18-12-13)19-15-8-4-3-7-14(15)17(20)21/h2,5-12H,1,3-4H2. The van der Waals surface area contributed by atoms with Crippen molar-refractivity contribution in [2.75, 3.05) is 0 Å². The van der Waals surface area contributed by atoms with E-state index < -0.39 is 0 Å². The molecule has 4 heteroatoms. The smallest absolute Gasteiger partial charge is 0.265 e. The molecule has 2 aromatic rings. The van der Waals surface area contributed by atoms with Crippen LogP contribution in [-0.4, -0.2) is 14.5 Å². The largest absolute Gasteiger partial charge is 0.268 e. The van der Waals surface area contributed by atoms with Gasteiger partial charge in [-0.25, -0.2) is 4.98 Å². The summed E-state index contributed by atoms with van der Waals surface area (Å²) in [5.74, 6) is 0.573. The van der Waals surface area contributed by atoms with E-state index >= 15 is 0 Å². The number of fused-ring (bicyclic) bond motifs is 1. The Kier molecular flexibility index (Phi) is 3.60. The van der Waals surface area contributed by atoms with Crippen LogP contribution >= 0.6 is 0 Å². The quantitative estimate of drug-likeness (QED) is 0.848. The topological polar surface area (TPSA) is 47.8 Å². The summed E-state index contributed by atoms with van der Waals surface area (Å²) in [6, 6.07) is 3.81. The van der Waals surface area contributed by atoms with Gasteiger partial charge < -0.3 is 0 Å². The first-order valence-electron chi connectivity index (χ1n) is 6.83. The van der Waals surface area contributed by atoms with Crippen LogP contribution in [0.15, 0.2) is 35.9 Å². The third-order valence-electron chi connectivity index (χ3n) is 3.35. The van der Waals surface area contributed by atoms with Gasteiger partial charge in [0.05, 0.1) is 10.6 Å². The van der Waals surface area contributed by atoms with E-state index in [-0.39, 0.29) is 5.56 Å². The van der Waals surface area contributed by atoms with E-state index in [4.69, 9.17) is 0 Å². The fourth-order valence-electron chi connectivity index (χ4n) is 2.32. The highest BCUT2D eigenvalue weighted by molar-refractivity contribution is 5.67. The zero-order valence-electron chi connectivity index (χ0n) is 11.6. The second kappa shape index (κ2) is 5.71. The molecule has 0 bridgehead atoms. The van der Waals surface area contributed by atoms with E-state index in [1.807, 2.05) is 36.4 Å². The molecule has 0 aromatic carbocycles. The maximum absolute atomic E-state index is 12.4. The molecular weight excluding hydrogens is 262 g/mol. The van der Waals surface area contributed by atoms with Crippen LogP contribution in [0, 0.1) is 0 Å². The highest BCUT2D eigenvalue weighted by Gasteiger charge is 2.06. The summed E-state index contributed by atoms with van der Waals surface area (Å²) in [5, 5.41) is 1.43. The SMILES string of the molecule is C=Cn1c(C=Cc2cccnc2)nc2c(c1=O)=CCCC=2. The van der Waals surface area contributed by atoms with Crippen molar-refractivity contribution in [1.82, 2.24) is 14.5 Å². The summed E-state index contributed by atoms with van der Waals surface area (Å²) in [4.78, 5) is 21.0. The Balaban J connectivity index is 2.16. The lowest BCUT2D eigenvalue weighted by Gasteiger charge is -2.06. The maximum Gasteiger partial charge on any atom is 0.265 e. The first kappa shape index (κ1) is 13.2. The van der Waals surface area contributed by atoms with Gasteiger partial charge in [-0.1, -0.05) is 24.8 Å². The van der Waals surface area contributed by atoms with Crippen molar-refractivity contribution in [2.45, 2.75) is 12.8 Å². The molecule has 0 fully saturated rings. The molecule has 1 aliphatic carbocycles. The lowest BCUT2D eigenvalue weighted by molar-refractivity contribution is 0.913. The summed E-state index contributed by atoms with van der Waals surface area (Å²) in [7, 11) is 0. The van der Waals surface area contributed by atoms with E-state index in [1.54, 1.807) is 12.4 Å².